The second-order valence-corrected chi connectivity index (χ2v) is 5.47. The maximum Gasteiger partial charge on any atom is 0.191 e. The highest BCUT2D eigenvalue weighted by atomic mass is 127. The fourth-order valence-corrected chi connectivity index (χ4v) is 2.24. The molecule has 0 fully saturated rings. The van der Waals surface area contributed by atoms with Crippen molar-refractivity contribution in [1.29, 1.82) is 0 Å². The topological polar surface area (TPSA) is 54.9 Å². The van der Waals surface area contributed by atoms with Gasteiger partial charge in [-0.15, -0.1) is 24.0 Å². The van der Waals surface area contributed by atoms with Crippen LogP contribution in [0.25, 0.3) is 0 Å². The smallest absolute Gasteiger partial charge is 0.191 e. The molecule has 27 heavy (non-hydrogen) atoms. The van der Waals surface area contributed by atoms with Crippen LogP contribution < -0.4 is 20.1 Å². The molecular weight excluding hydrogens is 467 g/mol. The molecule has 0 radical (unpaired) electrons. The molecule has 0 aliphatic carbocycles. The number of guanidine groups is 1. The van der Waals surface area contributed by atoms with E-state index in [1.165, 1.54) is 0 Å². The maximum atomic E-state index is 13.6. The first-order chi connectivity index (χ1) is 12.6. The summed E-state index contributed by atoms with van der Waals surface area (Å²) >= 11 is 0. The molecule has 0 aliphatic heterocycles. The van der Waals surface area contributed by atoms with Crippen molar-refractivity contribution in [2.24, 2.45) is 4.99 Å². The van der Waals surface area contributed by atoms with Gasteiger partial charge < -0.3 is 20.1 Å². The fraction of sp³-hybridized carbons (Fsp3) is 0.316. The largest absolute Gasteiger partial charge is 0.497 e. The highest BCUT2D eigenvalue weighted by molar-refractivity contribution is 14.0. The van der Waals surface area contributed by atoms with Crippen LogP contribution in [0.2, 0.25) is 0 Å². The zero-order valence-corrected chi connectivity index (χ0v) is 17.6. The molecule has 0 atom stereocenters. The quantitative estimate of drug-likeness (QED) is 0.256. The van der Waals surface area contributed by atoms with Crippen LogP contribution in [-0.4, -0.2) is 33.3 Å². The van der Waals surface area contributed by atoms with Crippen molar-refractivity contribution in [3.05, 3.63) is 59.7 Å². The summed E-state index contributed by atoms with van der Waals surface area (Å²) in [5.74, 6) is 1.07. The van der Waals surface area contributed by atoms with Gasteiger partial charge in [0.1, 0.15) is 23.1 Å². The first kappa shape index (κ1) is 22.9. The van der Waals surface area contributed by atoms with Crippen molar-refractivity contribution < 1.29 is 18.3 Å². The number of hydrogen-bond acceptors (Lipinski definition) is 3. The van der Waals surface area contributed by atoms with Gasteiger partial charge in [-0.3, -0.25) is 4.99 Å². The molecule has 0 heterocycles. The standard InChI is InChI=1S/C19H23F2N3O2.HI/c1-22-19(24-13-14-11-15(20)7-8-18(14)21)23-9-4-10-26-17-6-3-5-16(12-17)25-2;/h3,5-8,11-12H,4,9-10,13H2,1-2H3,(H2,22,23,24);1H. The van der Waals surface area contributed by atoms with Crippen LogP contribution in [-0.2, 0) is 6.54 Å². The van der Waals surface area contributed by atoms with E-state index in [-0.39, 0.29) is 36.1 Å². The van der Waals surface area contributed by atoms with Crippen LogP contribution in [0.15, 0.2) is 47.5 Å². The minimum absolute atomic E-state index is 0. The Morgan fingerprint density at radius 2 is 1.85 bits per heavy atom. The van der Waals surface area contributed by atoms with E-state index in [0.717, 1.165) is 36.1 Å². The molecule has 0 aliphatic rings. The summed E-state index contributed by atoms with van der Waals surface area (Å²) in [7, 11) is 3.22. The monoisotopic (exact) mass is 491 g/mol. The number of rotatable bonds is 8. The number of nitrogens with zero attached hydrogens (tertiary/aromatic N) is 1. The molecule has 0 spiro atoms. The summed E-state index contributed by atoms with van der Waals surface area (Å²) in [6.45, 7) is 1.29. The van der Waals surface area contributed by atoms with Crippen LogP contribution in [0.4, 0.5) is 8.78 Å². The summed E-state index contributed by atoms with van der Waals surface area (Å²) in [5, 5.41) is 6.05. The minimum atomic E-state index is -0.471. The fourth-order valence-electron chi connectivity index (χ4n) is 2.24. The molecule has 0 amide bonds. The van der Waals surface area contributed by atoms with Crippen molar-refractivity contribution in [2.75, 3.05) is 27.3 Å². The zero-order valence-electron chi connectivity index (χ0n) is 15.3. The molecule has 0 aromatic heterocycles. The second-order valence-electron chi connectivity index (χ2n) is 5.47. The van der Waals surface area contributed by atoms with Gasteiger partial charge >= 0.3 is 0 Å². The van der Waals surface area contributed by atoms with Gasteiger partial charge in [-0.05, 0) is 36.8 Å². The zero-order chi connectivity index (χ0) is 18.8. The van der Waals surface area contributed by atoms with Gasteiger partial charge in [0.2, 0.25) is 0 Å². The van der Waals surface area contributed by atoms with Gasteiger partial charge in [0.25, 0.3) is 0 Å². The highest BCUT2D eigenvalue weighted by Crippen LogP contribution is 2.18. The number of nitrogens with one attached hydrogen (secondary N) is 2. The molecule has 148 valence electrons. The van der Waals surface area contributed by atoms with E-state index in [9.17, 15) is 8.78 Å². The van der Waals surface area contributed by atoms with Crippen molar-refractivity contribution in [3.63, 3.8) is 0 Å². The van der Waals surface area contributed by atoms with E-state index in [1.54, 1.807) is 14.2 Å². The van der Waals surface area contributed by atoms with Gasteiger partial charge in [0.05, 0.1) is 13.7 Å². The Morgan fingerprint density at radius 1 is 1.07 bits per heavy atom. The number of benzene rings is 2. The van der Waals surface area contributed by atoms with Gasteiger partial charge in [0, 0.05) is 31.8 Å². The summed E-state index contributed by atoms with van der Waals surface area (Å²) in [4.78, 5) is 4.05. The number of methoxy groups -OCH3 is 1. The van der Waals surface area contributed by atoms with E-state index < -0.39 is 11.6 Å². The van der Waals surface area contributed by atoms with Crippen molar-refractivity contribution in [3.8, 4) is 11.5 Å². The van der Waals surface area contributed by atoms with E-state index >= 15 is 0 Å². The lowest BCUT2D eigenvalue weighted by molar-refractivity contribution is 0.308. The Kier molecular flexibility index (Phi) is 10.5. The molecule has 0 unspecified atom stereocenters. The molecule has 5 nitrogen and oxygen atoms in total. The minimum Gasteiger partial charge on any atom is -0.497 e. The third-order valence-electron chi connectivity index (χ3n) is 3.60. The Balaban J connectivity index is 0.00000364. The SMILES string of the molecule is CN=C(NCCCOc1cccc(OC)c1)NCc1cc(F)ccc1F.I. The van der Waals surface area contributed by atoms with Crippen LogP contribution in [0.3, 0.4) is 0 Å². The first-order valence-electron chi connectivity index (χ1n) is 8.27. The third kappa shape index (κ3) is 7.98. The van der Waals surface area contributed by atoms with Crippen molar-refractivity contribution >= 4 is 29.9 Å². The number of aliphatic imine (C=N–C) groups is 1. The number of hydrogen-bond donors (Lipinski definition) is 2. The molecule has 0 saturated heterocycles. The average Bonchev–Trinajstić information content (AvgIpc) is 2.66. The second kappa shape index (κ2) is 12.3. The molecule has 2 aromatic carbocycles. The molecule has 2 aromatic rings. The van der Waals surface area contributed by atoms with Crippen LogP contribution in [0.1, 0.15) is 12.0 Å². The summed E-state index contributed by atoms with van der Waals surface area (Å²) in [6.07, 6.45) is 0.742. The van der Waals surface area contributed by atoms with E-state index in [0.29, 0.717) is 19.1 Å². The van der Waals surface area contributed by atoms with Crippen molar-refractivity contribution in [2.45, 2.75) is 13.0 Å². The molecule has 0 bridgehead atoms. The summed E-state index contributed by atoms with van der Waals surface area (Å²) in [5.41, 5.74) is 0.245. The normalized spacial score (nSPS) is 10.7. The Bertz CT molecular complexity index is 745. The Hall–Kier alpha value is -2.10. The number of halogens is 3. The Morgan fingerprint density at radius 3 is 2.59 bits per heavy atom. The van der Waals surface area contributed by atoms with Gasteiger partial charge in [-0.25, -0.2) is 8.78 Å². The van der Waals surface area contributed by atoms with Crippen molar-refractivity contribution in [1.82, 2.24) is 10.6 Å². The van der Waals surface area contributed by atoms with Crippen LogP contribution >= 0.6 is 24.0 Å². The summed E-state index contributed by atoms with van der Waals surface area (Å²) < 4.78 is 37.6. The van der Waals surface area contributed by atoms with E-state index in [2.05, 4.69) is 15.6 Å². The van der Waals surface area contributed by atoms with E-state index in [4.69, 9.17) is 9.47 Å². The Labute approximate surface area is 175 Å². The third-order valence-corrected chi connectivity index (χ3v) is 3.60. The number of ether oxygens (including phenoxy) is 2. The van der Waals surface area contributed by atoms with Crippen LogP contribution in [0.5, 0.6) is 11.5 Å². The molecule has 2 N–H and O–H groups in total. The van der Waals surface area contributed by atoms with Gasteiger partial charge in [-0.1, -0.05) is 6.07 Å². The first-order valence-corrected chi connectivity index (χ1v) is 8.27. The van der Waals surface area contributed by atoms with Gasteiger partial charge in [-0.2, -0.15) is 0 Å². The predicted octanol–water partition coefficient (Wildman–Crippen LogP) is 3.73. The molecular formula is C19H24F2IN3O2. The van der Waals surface area contributed by atoms with Crippen LogP contribution in [0, 0.1) is 11.6 Å². The highest BCUT2D eigenvalue weighted by Gasteiger charge is 2.05. The lowest BCUT2D eigenvalue weighted by Crippen LogP contribution is -2.37. The van der Waals surface area contributed by atoms with Gasteiger partial charge in [0.15, 0.2) is 5.96 Å². The van der Waals surface area contributed by atoms with E-state index in [1.807, 2.05) is 24.3 Å². The maximum absolute atomic E-state index is 13.6. The molecule has 8 heteroatoms. The summed E-state index contributed by atoms with van der Waals surface area (Å²) in [6, 6.07) is 10.8. The molecule has 2 rings (SSSR count). The predicted molar refractivity (Wildman–Crippen MR) is 113 cm³/mol. The lowest BCUT2D eigenvalue weighted by atomic mass is 10.2. The lowest BCUT2D eigenvalue weighted by Gasteiger charge is -2.13. The molecule has 0 saturated carbocycles. The average molecular weight is 491 g/mol.